The summed E-state index contributed by atoms with van der Waals surface area (Å²) in [5.41, 5.74) is 7.03. The zero-order valence-electron chi connectivity index (χ0n) is 8.42. The van der Waals surface area contributed by atoms with Gasteiger partial charge in [0.15, 0.2) is 11.0 Å². The Kier molecular flexibility index (Phi) is 4.05. The van der Waals surface area contributed by atoms with Crippen LogP contribution in [0.3, 0.4) is 0 Å². The molecule has 2 aromatic rings. The molecular weight excluding hydrogens is 418 g/mol. The normalized spacial score (nSPS) is 10.3. The second-order valence-corrected chi connectivity index (χ2v) is 5.61. The Balaban J connectivity index is 2.38. The summed E-state index contributed by atoms with van der Waals surface area (Å²) in [6.45, 7) is 0. The summed E-state index contributed by atoms with van der Waals surface area (Å²) in [5.74, 6) is 0.501. The summed E-state index contributed by atoms with van der Waals surface area (Å²) in [7, 11) is 0. The van der Waals surface area contributed by atoms with Gasteiger partial charge in [-0.05, 0) is 40.8 Å². The van der Waals surface area contributed by atoms with E-state index in [1.54, 1.807) is 0 Å². The van der Waals surface area contributed by atoms with Crippen LogP contribution in [0.5, 0.6) is 0 Å². The molecule has 0 spiro atoms. The van der Waals surface area contributed by atoms with Crippen LogP contribution in [0.1, 0.15) is 0 Å². The minimum atomic E-state index is 0.243. The summed E-state index contributed by atoms with van der Waals surface area (Å²) >= 11 is 11.5. The van der Waals surface area contributed by atoms with Crippen LogP contribution < -0.4 is 11.1 Å². The predicted octanol–water partition coefficient (Wildman–Crippen LogP) is 3.82. The van der Waals surface area contributed by atoms with Crippen molar-refractivity contribution in [3.8, 4) is 0 Å². The number of anilines is 3. The third-order valence-corrected chi connectivity index (χ3v) is 3.75. The van der Waals surface area contributed by atoms with Crippen molar-refractivity contribution in [3.63, 3.8) is 0 Å². The van der Waals surface area contributed by atoms with Crippen molar-refractivity contribution in [3.05, 3.63) is 37.7 Å². The number of benzene rings is 1. The lowest BCUT2D eigenvalue weighted by atomic mass is 10.3. The first kappa shape index (κ1) is 12.8. The van der Waals surface area contributed by atoms with Crippen LogP contribution in [0.25, 0.3) is 0 Å². The van der Waals surface area contributed by atoms with Crippen LogP contribution in [-0.2, 0) is 0 Å². The van der Waals surface area contributed by atoms with E-state index in [4.69, 9.17) is 17.3 Å². The standard InChI is InChI=1S/C10H7BrClIN4/c11-5-1-2-6(13)7(3-5)17-10-8(14)9(12)15-4-16-10/h1-4H,14H2,(H,15,16,17). The van der Waals surface area contributed by atoms with Crippen LogP contribution in [0.2, 0.25) is 5.15 Å². The minimum Gasteiger partial charge on any atom is -0.393 e. The molecule has 0 bridgehead atoms. The summed E-state index contributed by atoms with van der Waals surface area (Å²) in [6, 6.07) is 5.88. The zero-order valence-corrected chi connectivity index (χ0v) is 12.9. The van der Waals surface area contributed by atoms with Gasteiger partial charge in [-0.15, -0.1) is 0 Å². The van der Waals surface area contributed by atoms with E-state index in [0.717, 1.165) is 13.7 Å². The molecule has 0 aliphatic carbocycles. The van der Waals surface area contributed by atoms with Gasteiger partial charge in [0.25, 0.3) is 0 Å². The fourth-order valence-electron chi connectivity index (χ4n) is 1.19. The Hall–Kier alpha value is -0.600. The number of halogens is 3. The summed E-state index contributed by atoms with van der Waals surface area (Å²) in [6.07, 6.45) is 1.37. The number of hydrogen-bond acceptors (Lipinski definition) is 4. The highest BCUT2D eigenvalue weighted by atomic mass is 127. The van der Waals surface area contributed by atoms with E-state index in [1.807, 2.05) is 18.2 Å². The van der Waals surface area contributed by atoms with Crippen LogP contribution in [-0.4, -0.2) is 9.97 Å². The molecule has 88 valence electrons. The van der Waals surface area contributed by atoms with Gasteiger partial charge in [0.1, 0.15) is 12.0 Å². The molecule has 4 nitrogen and oxygen atoms in total. The third-order valence-electron chi connectivity index (χ3n) is 2.02. The molecule has 0 fully saturated rings. The van der Waals surface area contributed by atoms with Gasteiger partial charge >= 0.3 is 0 Å². The van der Waals surface area contributed by atoms with Gasteiger partial charge in [-0.25, -0.2) is 9.97 Å². The lowest BCUT2D eigenvalue weighted by Crippen LogP contribution is -2.02. The largest absolute Gasteiger partial charge is 0.393 e. The fraction of sp³-hybridized carbons (Fsp3) is 0. The van der Waals surface area contributed by atoms with E-state index in [9.17, 15) is 0 Å². The molecule has 0 unspecified atom stereocenters. The fourth-order valence-corrected chi connectivity index (χ4v) is 2.16. The van der Waals surface area contributed by atoms with Crippen LogP contribution >= 0.6 is 50.1 Å². The van der Waals surface area contributed by atoms with Crippen molar-refractivity contribution in [2.45, 2.75) is 0 Å². The summed E-state index contributed by atoms with van der Waals surface area (Å²) < 4.78 is 2.03. The molecule has 7 heteroatoms. The number of nitrogen functional groups attached to an aromatic ring is 1. The Morgan fingerprint density at radius 1 is 1.35 bits per heavy atom. The molecule has 3 N–H and O–H groups in total. The molecule has 0 aliphatic heterocycles. The molecule has 17 heavy (non-hydrogen) atoms. The first-order chi connectivity index (χ1) is 8.08. The molecular formula is C10H7BrClIN4. The smallest absolute Gasteiger partial charge is 0.158 e. The average molecular weight is 425 g/mol. The van der Waals surface area contributed by atoms with E-state index in [-0.39, 0.29) is 5.15 Å². The van der Waals surface area contributed by atoms with Crippen LogP contribution in [0.4, 0.5) is 17.2 Å². The van der Waals surface area contributed by atoms with Gasteiger partial charge in [0, 0.05) is 8.04 Å². The second-order valence-electron chi connectivity index (χ2n) is 3.18. The van der Waals surface area contributed by atoms with Crippen molar-refractivity contribution < 1.29 is 0 Å². The molecule has 0 aliphatic rings. The Bertz CT molecular complexity index is 564. The number of nitrogens with zero attached hydrogens (tertiary/aromatic N) is 2. The van der Waals surface area contributed by atoms with Crippen molar-refractivity contribution in [1.82, 2.24) is 9.97 Å². The maximum atomic E-state index is 5.82. The summed E-state index contributed by atoms with van der Waals surface area (Å²) in [5, 5.41) is 3.37. The quantitative estimate of drug-likeness (QED) is 0.567. The van der Waals surface area contributed by atoms with Gasteiger partial charge < -0.3 is 11.1 Å². The van der Waals surface area contributed by atoms with Crippen LogP contribution in [0, 0.1) is 3.57 Å². The van der Waals surface area contributed by atoms with Crippen LogP contribution in [0.15, 0.2) is 29.0 Å². The molecule has 0 radical (unpaired) electrons. The van der Waals surface area contributed by atoms with E-state index in [1.165, 1.54) is 6.33 Å². The maximum Gasteiger partial charge on any atom is 0.158 e. The van der Waals surface area contributed by atoms with Gasteiger partial charge in [0.05, 0.1) is 5.69 Å². The molecule has 0 amide bonds. The van der Waals surface area contributed by atoms with Gasteiger partial charge in [-0.3, -0.25) is 0 Å². The zero-order chi connectivity index (χ0) is 12.4. The highest BCUT2D eigenvalue weighted by molar-refractivity contribution is 14.1. The number of nitrogens with two attached hydrogens (primary N) is 1. The van der Waals surface area contributed by atoms with Crippen molar-refractivity contribution in [1.29, 1.82) is 0 Å². The number of aromatic nitrogens is 2. The lowest BCUT2D eigenvalue weighted by Gasteiger charge is -2.10. The highest BCUT2D eigenvalue weighted by Gasteiger charge is 2.08. The molecule has 0 saturated carbocycles. The SMILES string of the molecule is Nc1c(Cl)ncnc1Nc1cc(Br)ccc1I. The van der Waals surface area contributed by atoms with E-state index in [2.05, 4.69) is 53.8 Å². The second kappa shape index (κ2) is 5.36. The van der Waals surface area contributed by atoms with Gasteiger partial charge in [0.2, 0.25) is 0 Å². The minimum absolute atomic E-state index is 0.243. The molecule has 0 saturated heterocycles. The van der Waals surface area contributed by atoms with Gasteiger partial charge in [-0.2, -0.15) is 0 Å². The van der Waals surface area contributed by atoms with E-state index in [0.29, 0.717) is 11.5 Å². The first-order valence-corrected chi connectivity index (χ1v) is 6.81. The molecule has 1 aromatic heterocycles. The maximum absolute atomic E-state index is 5.82. The molecule has 2 rings (SSSR count). The van der Waals surface area contributed by atoms with Crippen molar-refractivity contribution in [2.24, 2.45) is 0 Å². The first-order valence-electron chi connectivity index (χ1n) is 4.56. The molecule has 0 atom stereocenters. The molecule has 1 aromatic carbocycles. The highest BCUT2D eigenvalue weighted by Crippen LogP contribution is 2.29. The monoisotopic (exact) mass is 424 g/mol. The van der Waals surface area contributed by atoms with E-state index >= 15 is 0 Å². The predicted molar refractivity (Wildman–Crippen MR) is 81.6 cm³/mol. The van der Waals surface area contributed by atoms with E-state index < -0.39 is 0 Å². The lowest BCUT2D eigenvalue weighted by molar-refractivity contribution is 1.17. The Morgan fingerprint density at radius 3 is 2.88 bits per heavy atom. The Morgan fingerprint density at radius 2 is 2.12 bits per heavy atom. The van der Waals surface area contributed by atoms with Crippen molar-refractivity contribution >= 4 is 67.3 Å². The number of hydrogen-bond donors (Lipinski definition) is 2. The summed E-state index contributed by atoms with van der Waals surface area (Å²) in [4.78, 5) is 7.85. The topological polar surface area (TPSA) is 63.8 Å². The average Bonchev–Trinajstić information content (AvgIpc) is 2.30. The number of rotatable bonds is 2. The number of nitrogens with one attached hydrogen (secondary N) is 1. The molecule has 1 heterocycles. The third kappa shape index (κ3) is 2.99. The Labute approximate surface area is 125 Å². The van der Waals surface area contributed by atoms with Gasteiger partial charge in [-0.1, -0.05) is 27.5 Å². The van der Waals surface area contributed by atoms with Crippen molar-refractivity contribution in [2.75, 3.05) is 11.1 Å².